The fourth-order valence-corrected chi connectivity index (χ4v) is 2.30. The molecule has 0 spiro atoms. The molecule has 1 atom stereocenters. The van der Waals surface area contributed by atoms with Crippen LogP contribution in [0.15, 0.2) is 36.7 Å². The minimum atomic E-state index is 0.0666. The van der Waals surface area contributed by atoms with Crippen molar-refractivity contribution in [1.82, 2.24) is 10.3 Å². The molecule has 2 N–H and O–H groups in total. The van der Waals surface area contributed by atoms with Gasteiger partial charge in [-0.3, -0.25) is 4.98 Å². The molecule has 0 radical (unpaired) electrons. The van der Waals surface area contributed by atoms with Gasteiger partial charge in [-0.15, -0.1) is 0 Å². The zero-order valence-electron chi connectivity index (χ0n) is 10.4. The van der Waals surface area contributed by atoms with E-state index in [1.807, 2.05) is 25.3 Å². The number of hydrogen-bond donors (Lipinski definition) is 2. The lowest BCUT2D eigenvalue weighted by molar-refractivity contribution is 0.460. The van der Waals surface area contributed by atoms with Crippen molar-refractivity contribution in [1.29, 1.82) is 0 Å². The molecule has 2 rings (SSSR count). The molecule has 0 aliphatic carbocycles. The molecule has 2 aromatic rings. The summed E-state index contributed by atoms with van der Waals surface area (Å²) in [6.45, 7) is 2.50. The Balaban J connectivity index is 2.07. The molecule has 5 heteroatoms. The van der Waals surface area contributed by atoms with Crippen molar-refractivity contribution in [2.45, 2.75) is 19.5 Å². The average molecular weight is 297 g/mol. The molecule has 1 aromatic carbocycles. The fourth-order valence-electron chi connectivity index (χ4n) is 1.77. The second kappa shape index (κ2) is 6.24. The van der Waals surface area contributed by atoms with Crippen LogP contribution in [0.25, 0.3) is 0 Å². The Morgan fingerprint density at radius 2 is 2.16 bits per heavy atom. The molecule has 1 aromatic heterocycles. The minimum absolute atomic E-state index is 0.0666. The van der Waals surface area contributed by atoms with Gasteiger partial charge in [0.1, 0.15) is 5.75 Å². The summed E-state index contributed by atoms with van der Waals surface area (Å²) in [5, 5.41) is 13.9. The van der Waals surface area contributed by atoms with E-state index in [0.717, 1.165) is 5.56 Å². The van der Waals surface area contributed by atoms with Crippen LogP contribution in [0.1, 0.15) is 24.1 Å². The number of phenolic OH excluding ortho intramolecular Hbond substituents is 1. The normalized spacial score (nSPS) is 12.4. The Morgan fingerprint density at radius 3 is 2.84 bits per heavy atom. The zero-order valence-corrected chi connectivity index (χ0v) is 11.9. The van der Waals surface area contributed by atoms with Crippen LogP contribution in [0.4, 0.5) is 0 Å². The molecule has 0 unspecified atom stereocenters. The van der Waals surface area contributed by atoms with Gasteiger partial charge in [0.25, 0.3) is 0 Å². The van der Waals surface area contributed by atoms with Crippen LogP contribution < -0.4 is 5.32 Å². The second-order valence-corrected chi connectivity index (χ2v) is 5.13. The first-order valence-electron chi connectivity index (χ1n) is 5.88. The highest BCUT2D eigenvalue weighted by atomic mass is 35.5. The first kappa shape index (κ1) is 14.1. The lowest BCUT2D eigenvalue weighted by Gasteiger charge is -2.15. The Kier molecular flexibility index (Phi) is 4.64. The van der Waals surface area contributed by atoms with E-state index < -0.39 is 0 Å². The lowest BCUT2D eigenvalue weighted by atomic mass is 10.1. The van der Waals surface area contributed by atoms with Crippen molar-refractivity contribution < 1.29 is 5.11 Å². The molecule has 0 bridgehead atoms. The maximum Gasteiger partial charge on any atom is 0.138 e. The zero-order chi connectivity index (χ0) is 13.8. The number of rotatable bonds is 4. The summed E-state index contributed by atoms with van der Waals surface area (Å²) in [6.07, 6.45) is 3.54. The van der Waals surface area contributed by atoms with Crippen molar-refractivity contribution in [3.8, 4) is 5.75 Å². The number of pyridine rings is 1. The quantitative estimate of drug-likeness (QED) is 0.898. The SMILES string of the molecule is C[C@H](NCc1cc(Cl)cc(Cl)c1O)c1cccnc1. The molecule has 0 aliphatic rings. The van der Waals surface area contributed by atoms with Crippen molar-refractivity contribution >= 4 is 23.2 Å². The van der Waals surface area contributed by atoms with E-state index in [1.165, 1.54) is 6.07 Å². The van der Waals surface area contributed by atoms with Crippen molar-refractivity contribution in [3.05, 3.63) is 57.8 Å². The smallest absolute Gasteiger partial charge is 0.138 e. The fraction of sp³-hybridized carbons (Fsp3) is 0.214. The molecule has 0 fully saturated rings. The standard InChI is InChI=1S/C14H14Cl2N2O/c1-9(10-3-2-4-17-7-10)18-8-11-5-12(15)6-13(16)14(11)19/h2-7,9,18-19H,8H2,1H3/t9-/m0/s1. The summed E-state index contributed by atoms with van der Waals surface area (Å²) < 4.78 is 0. The van der Waals surface area contributed by atoms with Crippen LogP contribution in [-0.4, -0.2) is 10.1 Å². The predicted molar refractivity (Wildman–Crippen MR) is 77.6 cm³/mol. The Labute approximate surface area is 122 Å². The van der Waals surface area contributed by atoms with Crippen LogP contribution in [0.3, 0.4) is 0 Å². The van der Waals surface area contributed by atoms with Gasteiger partial charge in [-0.1, -0.05) is 29.3 Å². The number of nitrogens with one attached hydrogen (secondary N) is 1. The largest absolute Gasteiger partial charge is 0.506 e. The number of nitrogens with zero attached hydrogens (tertiary/aromatic N) is 1. The van der Waals surface area contributed by atoms with Gasteiger partial charge in [-0.25, -0.2) is 0 Å². The minimum Gasteiger partial charge on any atom is -0.506 e. The molecule has 0 saturated carbocycles. The van der Waals surface area contributed by atoms with E-state index >= 15 is 0 Å². The van der Waals surface area contributed by atoms with Crippen LogP contribution in [-0.2, 0) is 6.54 Å². The average Bonchev–Trinajstić information content (AvgIpc) is 2.41. The van der Waals surface area contributed by atoms with Gasteiger partial charge in [-0.2, -0.15) is 0 Å². The molecule has 0 amide bonds. The van der Waals surface area contributed by atoms with E-state index in [4.69, 9.17) is 23.2 Å². The molecule has 19 heavy (non-hydrogen) atoms. The second-order valence-electron chi connectivity index (χ2n) is 4.28. The number of halogens is 2. The van der Waals surface area contributed by atoms with Crippen LogP contribution >= 0.6 is 23.2 Å². The Bertz CT molecular complexity index is 561. The predicted octanol–water partition coefficient (Wildman–Crippen LogP) is 3.94. The monoisotopic (exact) mass is 296 g/mol. The van der Waals surface area contributed by atoms with Crippen molar-refractivity contribution in [2.75, 3.05) is 0 Å². The van der Waals surface area contributed by atoms with E-state index in [1.54, 1.807) is 12.3 Å². The van der Waals surface area contributed by atoms with Crippen LogP contribution in [0.2, 0.25) is 10.0 Å². The molecule has 1 heterocycles. The maximum atomic E-state index is 9.86. The molecular formula is C14H14Cl2N2O. The number of benzene rings is 1. The van der Waals surface area contributed by atoms with Crippen molar-refractivity contribution in [3.63, 3.8) is 0 Å². The third-order valence-corrected chi connectivity index (χ3v) is 3.40. The summed E-state index contributed by atoms with van der Waals surface area (Å²) in [5.41, 5.74) is 1.75. The third-order valence-electron chi connectivity index (χ3n) is 2.89. The number of aromatic nitrogens is 1. The van der Waals surface area contributed by atoms with E-state index in [9.17, 15) is 5.11 Å². The summed E-state index contributed by atoms with van der Waals surface area (Å²) in [6, 6.07) is 7.22. The molecular weight excluding hydrogens is 283 g/mol. The number of aromatic hydroxyl groups is 1. The third kappa shape index (κ3) is 3.60. The Hall–Kier alpha value is -1.29. The van der Waals surface area contributed by atoms with Crippen LogP contribution in [0, 0.1) is 0 Å². The molecule has 0 aliphatic heterocycles. The Morgan fingerprint density at radius 1 is 1.37 bits per heavy atom. The number of phenols is 1. The molecule has 0 saturated heterocycles. The van der Waals surface area contributed by atoms with E-state index in [2.05, 4.69) is 10.3 Å². The number of hydrogen-bond acceptors (Lipinski definition) is 3. The lowest BCUT2D eigenvalue weighted by Crippen LogP contribution is -2.18. The van der Waals surface area contributed by atoms with Crippen molar-refractivity contribution in [2.24, 2.45) is 0 Å². The summed E-state index contributed by atoms with van der Waals surface area (Å²) >= 11 is 11.8. The topological polar surface area (TPSA) is 45.1 Å². The molecule has 100 valence electrons. The summed E-state index contributed by atoms with van der Waals surface area (Å²) in [7, 11) is 0. The highest BCUT2D eigenvalue weighted by Crippen LogP contribution is 2.31. The molecule has 3 nitrogen and oxygen atoms in total. The van der Waals surface area contributed by atoms with E-state index in [-0.39, 0.29) is 16.8 Å². The highest BCUT2D eigenvalue weighted by molar-refractivity contribution is 6.35. The highest BCUT2D eigenvalue weighted by Gasteiger charge is 2.10. The maximum absolute atomic E-state index is 9.86. The van der Waals surface area contributed by atoms with E-state index in [0.29, 0.717) is 17.1 Å². The first-order chi connectivity index (χ1) is 9.08. The summed E-state index contributed by atoms with van der Waals surface area (Å²) in [5.74, 6) is 0.0666. The van der Waals surface area contributed by atoms with Gasteiger partial charge < -0.3 is 10.4 Å². The van der Waals surface area contributed by atoms with Crippen LogP contribution in [0.5, 0.6) is 5.75 Å². The first-order valence-corrected chi connectivity index (χ1v) is 6.63. The van der Waals surface area contributed by atoms with Gasteiger partial charge in [0.05, 0.1) is 5.02 Å². The van der Waals surface area contributed by atoms with Gasteiger partial charge in [-0.05, 0) is 30.7 Å². The van der Waals surface area contributed by atoms with Gasteiger partial charge in [0.15, 0.2) is 0 Å². The van der Waals surface area contributed by atoms with Gasteiger partial charge in [0.2, 0.25) is 0 Å². The summed E-state index contributed by atoms with van der Waals surface area (Å²) in [4.78, 5) is 4.07. The van der Waals surface area contributed by atoms with Gasteiger partial charge in [0, 0.05) is 35.6 Å². The van der Waals surface area contributed by atoms with Gasteiger partial charge >= 0.3 is 0 Å².